The van der Waals surface area contributed by atoms with Gasteiger partial charge in [0.25, 0.3) is 0 Å². The minimum absolute atomic E-state index is 0.00297. The number of anilines is 2. The number of carbonyl (C=O) groups excluding carboxylic acids is 1. The molecule has 6 nitrogen and oxygen atoms in total. The second-order valence-electron chi connectivity index (χ2n) is 4.54. The van der Waals surface area contributed by atoms with Crippen molar-refractivity contribution in [1.82, 2.24) is 0 Å². The zero-order valence-corrected chi connectivity index (χ0v) is 12.4. The van der Waals surface area contributed by atoms with Gasteiger partial charge < -0.3 is 9.64 Å². The van der Waals surface area contributed by atoms with Crippen LogP contribution < -0.4 is 14.4 Å². The fourth-order valence-electron chi connectivity index (χ4n) is 2.12. The van der Waals surface area contributed by atoms with Crippen LogP contribution in [0.1, 0.15) is 19.8 Å². The first-order valence-electron chi connectivity index (χ1n) is 6.45. The molecule has 1 aliphatic heterocycles. The number of carbonyl (C=O) groups is 1. The number of methoxy groups -OCH3 is 1. The van der Waals surface area contributed by atoms with E-state index < -0.39 is 10.0 Å². The van der Waals surface area contributed by atoms with E-state index in [1.165, 1.54) is 7.11 Å². The summed E-state index contributed by atoms with van der Waals surface area (Å²) < 4.78 is 30.9. The minimum atomic E-state index is -3.34. The molecule has 1 amide bonds. The normalized spacial score (nSPS) is 15.5. The Hall–Kier alpha value is -1.76. The van der Waals surface area contributed by atoms with Gasteiger partial charge in [0.2, 0.25) is 15.9 Å². The summed E-state index contributed by atoms with van der Waals surface area (Å²) in [5.74, 6) is 0.579. The molecule has 0 spiro atoms. The second-order valence-corrected chi connectivity index (χ2v) is 6.55. The van der Waals surface area contributed by atoms with Crippen LogP contribution in [0.3, 0.4) is 0 Å². The van der Waals surface area contributed by atoms with Crippen molar-refractivity contribution in [3.8, 4) is 5.75 Å². The first kappa shape index (κ1) is 14.6. The van der Waals surface area contributed by atoms with Gasteiger partial charge in [-0.2, -0.15) is 0 Å². The van der Waals surface area contributed by atoms with Gasteiger partial charge in [-0.3, -0.25) is 9.52 Å². The second kappa shape index (κ2) is 5.70. The highest BCUT2D eigenvalue weighted by Gasteiger charge is 2.25. The molecule has 2 rings (SSSR count). The summed E-state index contributed by atoms with van der Waals surface area (Å²) in [5, 5.41) is 0. The number of benzene rings is 1. The van der Waals surface area contributed by atoms with E-state index in [4.69, 9.17) is 4.74 Å². The van der Waals surface area contributed by atoms with Crippen molar-refractivity contribution >= 4 is 27.3 Å². The average Bonchev–Trinajstić information content (AvgIpc) is 2.84. The highest BCUT2D eigenvalue weighted by atomic mass is 32.2. The summed E-state index contributed by atoms with van der Waals surface area (Å²) >= 11 is 0. The fraction of sp³-hybridized carbons (Fsp3) is 0.462. The third-order valence-electron chi connectivity index (χ3n) is 3.20. The van der Waals surface area contributed by atoms with Crippen LogP contribution in [0.15, 0.2) is 18.2 Å². The Balaban J connectivity index is 2.36. The Labute approximate surface area is 118 Å². The van der Waals surface area contributed by atoms with Gasteiger partial charge in [-0.25, -0.2) is 8.42 Å². The van der Waals surface area contributed by atoms with E-state index in [0.29, 0.717) is 30.1 Å². The van der Waals surface area contributed by atoms with Gasteiger partial charge in [0.1, 0.15) is 5.75 Å². The fourth-order valence-corrected chi connectivity index (χ4v) is 2.75. The van der Waals surface area contributed by atoms with Crippen LogP contribution in [0, 0.1) is 0 Å². The number of sulfonamides is 1. The zero-order chi connectivity index (χ0) is 14.8. The van der Waals surface area contributed by atoms with Gasteiger partial charge in [-0.15, -0.1) is 0 Å². The molecule has 0 atom stereocenters. The maximum atomic E-state index is 11.8. The van der Waals surface area contributed by atoms with Gasteiger partial charge in [0, 0.05) is 13.0 Å². The molecule has 7 heteroatoms. The molecular formula is C13H18N2O4S. The van der Waals surface area contributed by atoms with E-state index >= 15 is 0 Å². The van der Waals surface area contributed by atoms with Crippen molar-refractivity contribution < 1.29 is 17.9 Å². The first-order chi connectivity index (χ1) is 9.46. The number of nitrogens with zero attached hydrogens (tertiary/aromatic N) is 1. The van der Waals surface area contributed by atoms with Gasteiger partial charge in [-0.05, 0) is 31.5 Å². The number of rotatable bonds is 5. The smallest absolute Gasteiger partial charge is 0.232 e. The molecule has 0 unspecified atom stereocenters. The molecule has 1 saturated heterocycles. The van der Waals surface area contributed by atoms with Gasteiger partial charge >= 0.3 is 0 Å². The van der Waals surface area contributed by atoms with Crippen LogP contribution in [0.4, 0.5) is 11.4 Å². The van der Waals surface area contributed by atoms with Crippen LogP contribution in [0.25, 0.3) is 0 Å². The van der Waals surface area contributed by atoms with Crippen LogP contribution in [-0.2, 0) is 14.8 Å². The van der Waals surface area contributed by atoms with Gasteiger partial charge in [-0.1, -0.05) is 0 Å². The number of amides is 1. The summed E-state index contributed by atoms with van der Waals surface area (Å²) in [5.41, 5.74) is 1.04. The third-order valence-corrected chi connectivity index (χ3v) is 4.50. The summed E-state index contributed by atoms with van der Waals surface area (Å²) in [6.07, 6.45) is 1.31. The lowest BCUT2D eigenvalue weighted by atomic mass is 10.2. The minimum Gasteiger partial charge on any atom is -0.495 e. The largest absolute Gasteiger partial charge is 0.495 e. The van der Waals surface area contributed by atoms with Crippen LogP contribution >= 0.6 is 0 Å². The maximum Gasteiger partial charge on any atom is 0.232 e. The predicted molar refractivity (Wildman–Crippen MR) is 77.7 cm³/mol. The van der Waals surface area contributed by atoms with E-state index in [1.807, 2.05) is 0 Å². The Morgan fingerprint density at radius 3 is 2.70 bits per heavy atom. The Kier molecular flexibility index (Phi) is 4.17. The molecule has 1 aliphatic rings. The number of hydrogen-bond donors (Lipinski definition) is 1. The van der Waals surface area contributed by atoms with Crippen LogP contribution in [0.5, 0.6) is 5.75 Å². The Morgan fingerprint density at radius 1 is 1.40 bits per heavy atom. The van der Waals surface area contributed by atoms with E-state index in [0.717, 1.165) is 6.42 Å². The molecular weight excluding hydrogens is 280 g/mol. The quantitative estimate of drug-likeness (QED) is 0.895. The van der Waals surface area contributed by atoms with Crippen molar-refractivity contribution in [1.29, 1.82) is 0 Å². The van der Waals surface area contributed by atoms with Crippen molar-refractivity contribution in [3.05, 3.63) is 18.2 Å². The molecule has 1 aromatic rings. The maximum absolute atomic E-state index is 11.8. The first-order valence-corrected chi connectivity index (χ1v) is 8.11. The lowest BCUT2D eigenvalue weighted by Gasteiger charge is -2.20. The van der Waals surface area contributed by atoms with Gasteiger partial charge in [0.15, 0.2) is 0 Å². The van der Waals surface area contributed by atoms with E-state index in [9.17, 15) is 13.2 Å². The molecule has 1 N–H and O–H groups in total. The lowest BCUT2D eigenvalue weighted by molar-refractivity contribution is -0.117. The molecule has 0 radical (unpaired) electrons. The molecule has 1 fully saturated rings. The summed E-state index contributed by atoms with van der Waals surface area (Å²) in [4.78, 5) is 13.5. The van der Waals surface area contributed by atoms with Crippen LogP contribution in [-0.4, -0.2) is 33.7 Å². The number of hydrogen-bond acceptors (Lipinski definition) is 4. The van der Waals surface area contributed by atoms with Crippen molar-refractivity contribution in [2.45, 2.75) is 19.8 Å². The average molecular weight is 298 g/mol. The molecule has 1 aromatic carbocycles. The summed E-state index contributed by atoms with van der Waals surface area (Å²) in [6.45, 7) is 2.19. The Bertz CT molecular complexity index is 613. The van der Waals surface area contributed by atoms with Crippen LogP contribution in [0.2, 0.25) is 0 Å². The highest BCUT2D eigenvalue weighted by molar-refractivity contribution is 7.92. The molecule has 1 heterocycles. The highest BCUT2D eigenvalue weighted by Crippen LogP contribution is 2.34. The topological polar surface area (TPSA) is 75.7 Å². The zero-order valence-electron chi connectivity index (χ0n) is 11.5. The van der Waals surface area contributed by atoms with E-state index in [-0.39, 0.29) is 11.7 Å². The van der Waals surface area contributed by atoms with Crippen molar-refractivity contribution in [2.24, 2.45) is 0 Å². The van der Waals surface area contributed by atoms with E-state index in [1.54, 1.807) is 30.0 Å². The number of nitrogens with one attached hydrogen (secondary N) is 1. The monoisotopic (exact) mass is 298 g/mol. The van der Waals surface area contributed by atoms with Gasteiger partial charge in [0.05, 0.1) is 24.2 Å². The molecule has 0 aromatic heterocycles. The predicted octanol–water partition coefficient (Wildman–Crippen LogP) is 1.58. The SMILES string of the molecule is CCS(=O)(=O)Nc1ccc(OC)c(N2CCCC2=O)c1. The molecule has 0 bridgehead atoms. The number of ether oxygens (including phenoxy) is 1. The van der Waals surface area contributed by atoms with Crippen molar-refractivity contribution in [2.75, 3.05) is 29.0 Å². The summed E-state index contributed by atoms with van der Waals surface area (Å²) in [6, 6.07) is 4.92. The molecule has 0 saturated carbocycles. The van der Waals surface area contributed by atoms with E-state index in [2.05, 4.69) is 4.72 Å². The Morgan fingerprint density at radius 2 is 2.15 bits per heavy atom. The lowest BCUT2D eigenvalue weighted by Crippen LogP contribution is -2.24. The van der Waals surface area contributed by atoms with Crippen molar-refractivity contribution in [3.63, 3.8) is 0 Å². The molecule has 0 aliphatic carbocycles. The molecule has 110 valence electrons. The molecule has 20 heavy (non-hydrogen) atoms. The summed E-state index contributed by atoms with van der Waals surface area (Å²) in [7, 11) is -1.82. The third kappa shape index (κ3) is 3.04. The standard InChI is InChI=1S/C13H18N2O4S/c1-3-20(17,18)14-10-6-7-12(19-2)11(9-10)15-8-4-5-13(15)16/h6-7,9,14H,3-5,8H2,1-2H3.